The van der Waals surface area contributed by atoms with Gasteiger partial charge in [-0.1, -0.05) is 18.2 Å². The van der Waals surface area contributed by atoms with Crippen LogP contribution in [-0.4, -0.2) is 48.4 Å². The number of ether oxygens (including phenoxy) is 2. The van der Waals surface area contributed by atoms with Crippen molar-refractivity contribution < 1.29 is 24.8 Å². The summed E-state index contributed by atoms with van der Waals surface area (Å²) in [6.45, 7) is 0.0192. The first-order valence-corrected chi connectivity index (χ1v) is 5.89. The molecule has 0 bridgehead atoms. The minimum Gasteiger partial charge on any atom is -0.491 e. The van der Waals surface area contributed by atoms with Crippen LogP contribution in [0.5, 0.6) is 5.75 Å². The van der Waals surface area contributed by atoms with Gasteiger partial charge in [0.05, 0.1) is 12.7 Å². The Hall–Kier alpha value is -1.14. The van der Waals surface area contributed by atoms with Crippen molar-refractivity contribution in [3.05, 3.63) is 29.8 Å². The lowest BCUT2D eigenvalue weighted by atomic mass is 10.0. The zero-order valence-corrected chi connectivity index (χ0v) is 10.5. The van der Waals surface area contributed by atoms with Crippen molar-refractivity contribution in [2.24, 2.45) is 0 Å². The second-order valence-corrected chi connectivity index (χ2v) is 3.84. The molecule has 0 amide bonds. The molecule has 2 atom stereocenters. The highest BCUT2D eigenvalue weighted by molar-refractivity contribution is 5.35. The van der Waals surface area contributed by atoms with E-state index in [1.807, 2.05) is 0 Å². The molecule has 18 heavy (non-hydrogen) atoms. The molecule has 0 saturated carbocycles. The highest BCUT2D eigenvalue weighted by Crippen LogP contribution is 2.29. The Bertz CT molecular complexity index is 342. The second-order valence-electron chi connectivity index (χ2n) is 3.84. The Balaban J connectivity index is 2.85. The quantitative estimate of drug-likeness (QED) is 0.631. The van der Waals surface area contributed by atoms with Crippen molar-refractivity contribution in [1.29, 1.82) is 0 Å². The zero-order chi connectivity index (χ0) is 13.4. The summed E-state index contributed by atoms with van der Waals surface area (Å²) in [7, 11) is 1.49. The molecule has 0 spiro atoms. The van der Waals surface area contributed by atoms with Crippen LogP contribution >= 0.6 is 0 Å². The second kappa shape index (κ2) is 8.05. The van der Waals surface area contributed by atoms with Gasteiger partial charge in [0.25, 0.3) is 0 Å². The van der Waals surface area contributed by atoms with Crippen molar-refractivity contribution in [2.45, 2.75) is 18.6 Å². The number of benzene rings is 1. The summed E-state index contributed by atoms with van der Waals surface area (Å²) in [6, 6.07) is 7.04. The zero-order valence-electron chi connectivity index (χ0n) is 10.5. The Kier molecular flexibility index (Phi) is 6.67. The minimum atomic E-state index is -0.878. The van der Waals surface area contributed by atoms with Gasteiger partial charge in [-0.15, -0.1) is 0 Å². The molecule has 0 unspecified atom stereocenters. The molecule has 0 saturated heterocycles. The van der Waals surface area contributed by atoms with Crippen LogP contribution in [0.15, 0.2) is 24.3 Å². The lowest BCUT2D eigenvalue weighted by Crippen LogP contribution is -2.23. The van der Waals surface area contributed by atoms with E-state index in [9.17, 15) is 5.11 Å². The van der Waals surface area contributed by atoms with Gasteiger partial charge in [0.2, 0.25) is 0 Å². The van der Waals surface area contributed by atoms with Crippen molar-refractivity contribution >= 4 is 0 Å². The summed E-state index contributed by atoms with van der Waals surface area (Å²) < 4.78 is 10.5. The molecule has 0 aromatic heterocycles. The Morgan fingerprint density at radius 3 is 2.50 bits per heavy atom. The number of methoxy groups -OCH3 is 1. The molecule has 102 valence electrons. The summed E-state index contributed by atoms with van der Waals surface area (Å²) in [5.41, 5.74) is 0.589. The van der Waals surface area contributed by atoms with E-state index in [4.69, 9.17) is 19.7 Å². The molecule has 1 aromatic rings. The third-order valence-electron chi connectivity index (χ3n) is 2.66. The largest absolute Gasteiger partial charge is 0.491 e. The molecule has 1 rings (SSSR count). The first kappa shape index (κ1) is 14.9. The number of hydrogen-bond acceptors (Lipinski definition) is 5. The Morgan fingerprint density at radius 1 is 1.17 bits per heavy atom. The average molecular weight is 256 g/mol. The SMILES string of the molecule is CO[C@H](CCO)[C@H](O)c1ccccc1OCCO. The van der Waals surface area contributed by atoms with Gasteiger partial charge in [-0.2, -0.15) is 0 Å². The Labute approximate surface area is 107 Å². The number of para-hydroxylation sites is 1. The number of hydrogen-bond donors (Lipinski definition) is 3. The van der Waals surface area contributed by atoms with Gasteiger partial charge >= 0.3 is 0 Å². The molecule has 3 N–H and O–H groups in total. The van der Waals surface area contributed by atoms with Crippen LogP contribution in [0.4, 0.5) is 0 Å². The maximum absolute atomic E-state index is 10.2. The highest BCUT2D eigenvalue weighted by Gasteiger charge is 2.23. The third-order valence-corrected chi connectivity index (χ3v) is 2.66. The van der Waals surface area contributed by atoms with Crippen LogP contribution in [-0.2, 0) is 4.74 Å². The van der Waals surface area contributed by atoms with Crippen LogP contribution < -0.4 is 4.74 Å². The molecule has 0 aliphatic carbocycles. The summed E-state index contributed by atoms with van der Waals surface area (Å²) in [4.78, 5) is 0. The lowest BCUT2D eigenvalue weighted by Gasteiger charge is -2.23. The molecule has 0 aliphatic heterocycles. The van der Waals surface area contributed by atoms with Gasteiger partial charge in [0.15, 0.2) is 0 Å². The number of rotatable bonds is 8. The van der Waals surface area contributed by atoms with Crippen LogP contribution in [0.25, 0.3) is 0 Å². The normalized spacial score (nSPS) is 14.2. The standard InChI is InChI=1S/C13H20O5/c1-17-12(6-7-14)13(16)10-4-2-3-5-11(10)18-9-8-15/h2-5,12-16H,6-9H2,1H3/t12-,13-/m1/s1. The maximum atomic E-state index is 10.2. The maximum Gasteiger partial charge on any atom is 0.125 e. The van der Waals surface area contributed by atoms with E-state index in [0.29, 0.717) is 17.7 Å². The van der Waals surface area contributed by atoms with Crippen LogP contribution in [0.3, 0.4) is 0 Å². The first-order valence-electron chi connectivity index (χ1n) is 5.89. The van der Waals surface area contributed by atoms with Gasteiger partial charge in [0.1, 0.15) is 18.5 Å². The van der Waals surface area contributed by atoms with Gasteiger partial charge < -0.3 is 24.8 Å². The average Bonchev–Trinajstić information content (AvgIpc) is 2.42. The highest BCUT2D eigenvalue weighted by atomic mass is 16.5. The first-order chi connectivity index (χ1) is 8.74. The topological polar surface area (TPSA) is 79.2 Å². The summed E-state index contributed by atoms with van der Waals surface area (Å²) >= 11 is 0. The van der Waals surface area contributed by atoms with E-state index < -0.39 is 12.2 Å². The number of aliphatic hydroxyl groups excluding tert-OH is 3. The van der Waals surface area contributed by atoms with Crippen LogP contribution in [0, 0.1) is 0 Å². The van der Waals surface area contributed by atoms with Crippen molar-refractivity contribution in [1.82, 2.24) is 0 Å². The molecule has 5 nitrogen and oxygen atoms in total. The van der Waals surface area contributed by atoms with Gasteiger partial charge in [-0.3, -0.25) is 0 Å². The molecular weight excluding hydrogens is 236 g/mol. The monoisotopic (exact) mass is 256 g/mol. The lowest BCUT2D eigenvalue weighted by molar-refractivity contribution is -0.0264. The van der Waals surface area contributed by atoms with E-state index >= 15 is 0 Å². The fourth-order valence-electron chi connectivity index (χ4n) is 1.74. The minimum absolute atomic E-state index is 0.0603. The van der Waals surface area contributed by atoms with Crippen LogP contribution in [0.2, 0.25) is 0 Å². The van der Waals surface area contributed by atoms with E-state index in [1.165, 1.54) is 7.11 Å². The van der Waals surface area contributed by atoms with Gasteiger partial charge in [0, 0.05) is 19.3 Å². The van der Waals surface area contributed by atoms with Crippen molar-refractivity contribution in [2.75, 3.05) is 26.9 Å². The number of aliphatic hydroxyl groups is 3. The molecular formula is C13H20O5. The van der Waals surface area contributed by atoms with Gasteiger partial charge in [-0.25, -0.2) is 0 Å². The smallest absolute Gasteiger partial charge is 0.125 e. The van der Waals surface area contributed by atoms with E-state index in [1.54, 1.807) is 24.3 Å². The summed E-state index contributed by atoms with van der Waals surface area (Å²) in [6.07, 6.45) is -1.03. The molecule has 0 radical (unpaired) electrons. The molecule has 1 aromatic carbocycles. The predicted molar refractivity (Wildman–Crippen MR) is 66.5 cm³/mol. The third kappa shape index (κ3) is 3.96. The summed E-state index contributed by atoms with van der Waals surface area (Å²) in [5, 5.41) is 27.9. The van der Waals surface area contributed by atoms with E-state index in [0.717, 1.165) is 0 Å². The predicted octanol–water partition coefficient (Wildman–Crippen LogP) is 0.488. The molecule has 0 fully saturated rings. The molecule has 5 heteroatoms. The summed E-state index contributed by atoms with van der Waals surface area (Å²) in [5.74, 6) is 0.513. The van der Waals surface area contributed by atoms with Crippen LogP contribution in [0.1, 0.15) is 18.1 Å². The van der Waals surface area contributed by atoms with Crippen molar-refractivity contribution in [3.63, 3.8) is 0 Å². The fraction of sp³-hybridized carbons (Fsp3) is 0.538. The van der Waals surface area contributed by atoms with E-state index in [2.05, 4.69) is 0 Å². The Morgan fingerprint density at radius 2 is 1.89 bits per heavy atom. The van der Waals surface area contributed by atoms with Gasteiger partial charge in [-0.05, 0) is 12.5 Å². The van der Waals surface area contributed by atoms with Crippen molar-refractivity contribution in [3.8, 4) is 5.75 Å². The fourth-order valence-corrected chi connectivity index (χ4v) is 1.74. The molecule has 0 aliphatic rings. The molecule has 0 heterocycles. The van der Waals surface area contributed by atoms with E-state index in [-0.39, 0.29) is 19.8 Å².